The van der Waals surface area contributed by atoms with Crippen molar-refractivity contribution >= 4 is 23.4 Å². The summed E-state index contributed by atoms with van der Waals surface area (Å²) in [5.41, 5.74) is 6.89. The molecule has 1 rings (SSSR count). The van der Waals surface area contributed by atoms with Crippen LogP contribution in [0.3, 0.4) is 0 Å². The number of benzene rings is 1. The molecule has 0 saturated carbocycles. The van der Waals surface area contributed by atoms with Gasteiger partial charge in [0.2, 0.25) is 5.91 Å². The van der Waals surface area contributed by atoms with Crippen LogP contribution in [0.5, 0.6) is 5.75 Å². The van der Waals surface area contributed by atoms with Gasteiger partial charge in [0, 0.05) is 31.8 Å². The Kier molecular flexibility index (Phi) is 5.64. The van der Waals surface area contributed by atoms with Crippen molar-refractivity contribution in [3.63, 3.8) is 0 Å². The second-order valence-electron chi connectivity index (χ2n) is 4.18. The van der Waals surface area contributed by atoms with Crippen LogP contribution in [0.15, 0.2) is 18.2 Å². The van der Waals surface area contributed by atoms with Gasteiger partial charge in [-0.1, -0.05) is 0 Å². The van der Waals surface area contributed by atoms with Gasteiger partial charge in [-0.05, 0) is 18.6 Å². The lowest BCUT2D eigenvalue weighted by Gasteiger charge is -2.22. The van der Waals surface area contributed by atoms with Crippen molar-refractivity contribution < 1.29 is 19.4 Å². The van der Waals surface area contributed by atoms with Gasteiger partial charge >= 0.3 is 6.09 Å². The Bertz CT molecular complexity index is 491. The van der Waals surface area contributed by atoms with Crippen molar-refractivity contribution in [2.24, 2.45) is 0 Å². The second-order valence-corrected chi connectivity index (χ2v) is 4.18. The smallest absolute Gasteiger partial charge is 0.404 e. The fraction of sp³-hybridized carbons (Fsp3) is 0.385. The van der Waals surface area contributed by atoms with Crippen LogP contribution in [0.4, 0.5) is 16.2 Å². The number of nitrogens with two attached hydrogens (primary N) is 1. The number of nitrogen functional groups attached to an aromatic ring is 1. The maximum atomic E-state index is 11.7. The molecule has 2 amide bonds. The third-order valence-electron chi connectivity index (χ3n) is 2.74. The van der Waals surface area contributed by atoms with E-state index in [0.29, 0.717) is 30.1 Å². The predicted molar refractivity (Wildman–Crippen MR) is 76.1 cm³/mol. The van der Waals surface area contributed by atoms with E-state index in [1.165, 1.54) is 14.0 Å². The summed E-state index contributed by atoms with van der Waals surface area (Å²) in [5.74, 6) is 0.365. The van der Waals surface area contributed by atoms with Gasteiger partial charge in [0.15, 0.2) is 0 Å². The van der Waals surface area contributed by atoms with Crippen molar-refractivity contribution in [1.29, 1.82) is 0 Å². The van der Waals surface area contributed by atoms with Crippen LogP contribution < -0.4 is 20.7 Å². The van der Waals surface area contributed by atoms with E-state index in [-0.39, 0.29) is 12.5 Å². The number of carboxylic acid groups (broad SMARTS) is 1. The van der Waals surface area contributed by atoms with Crippen LogP contribution in [-0.4, -0.2) is 37.3 Å². The number of hydrogen-bond acceptors (Lipinski definition) is 4. The summed E-state index contributed by atoms with van der Waals surface area (Å²) < 4.78 is 5.12. The molecule has 20 heavy (non-hydrogen) atoms. The highest BCUT2D eigenvalue weighted by Gasteiger charge is 2.13. The average molecular weight is 281 g/mol. The van der Waals surface area contributed by atoms with Crippen molar-refractivity contribution in [2.45, 2.75) is 13.3 Å². The number of rotatable bonds is 6. The number of nitrogens with zero attached hydrogens (tertiary/aromatic N) is 1. The molecule has 0 bridgehead atoms. The SMILES string of the molecule is COc1cc(N(CCCNC(=O)O)C(C)=O)ccc1N. The summed E-state index contributed by atoms with van der Waals surface area (Å²) in [4.78, 5) is 23.6. The number of amides is 2. The number of carbonyl (C=O) groups excluding carboxylic acids is 1. The molecular formula is C13H19N3O4. The van der Waals surface area contributed by atoms with E-state index in [0.717, 1.165) is 0 Å². The third kappa shape index (κ3) is 4.34. The van der Waals surface area contributed by atoms with Crippen LogP contribution in [0.25, 0.3) is 0 Å². The highest BCUT2D eigenvalue weighted by atomic mass is 16.5. The molecule has 0 spiro atoms. The highest BCUT2D eigenvalue weighted by molar-refractivity contribution is 5.92. The summed E-state index contributed by atoms with van der Waals surface area (Å²) in [6, 6.07) is 5.07. The van der Waals surface area contributed by atoms with Gasteiger partial charge in [-0.2, -0.15) is 0 Å². The molecule has 0 aliphatic heterocycles. The first-order valence-electron chi connectivity index (χ1n) is 6.14. The predicted octanol–water partition coefficient (Wildman–Crippen LogP) is 1.29. The third-order valence-corrected chi connectivity index (χ3v) is 2.74. The molecule has 0 atom stereocenters. The molecule has 0 fully saturated rings. The maximum absolute atomic E-state index is 11.7. The maximum Gasteiger partial charge on any atom is 0.404 e. The Hall–Kier alpha value is -2.44. The largest absolute Gasteiger partial charge is 0.495 e. The summed E-state index contributed by atoms with van der Waals surface area (Å²) in [6.45, 7) is 2.14. The molecule has 1 aromatic rings. The van der Waals surface area contributed by atoms with Gasteiger partial charge in [0.25, 0.3) is 0 Å². The molecule has 0 saturated heterocycles. The number of nitrogens with one attached hydrogen (secondary N) is 1. The lowest BCUT2D eigenvalue weighted by Crippen LogP contribution is -2.32. The summed E-state index contributed by atoms with van der Waals surface area (Å²) >= 11 is 0. The quantitative estimate of drug-likeness (QED) is 0.538. The van der Waals surface area contributed by atoms with Gasteiger partial charge < -0.3 is 25.8 Å². The molecule has 7 heteroatoms. The van der Waals surface area contributed by atoms with Gasteiger partial charge in [-0.3, -0.25) is 4.79 Å². The van der Waals surface area contributed by atoms with Crippen molar-refractivity contribution in [3.8, 4) is 5.75 Å². The van der Waals surface area contributed by atoms with Gasteiger partial charge in [0.05, 0.1) is 12.8 Å². The fourth-order valence-electron chi connectivity index (χ4n) is 1.77. The minimum atomic E-state index is -1.08. The van der Waals surface area contributed by atoms with Gasteiger partial charge in [-0.15, -0.1) is 0 Å². The number of hydrogen-bond donors (Lipinski definition) is 3. The zero-order valence-electron chi connectivity index (χ0n) is 11.5. The molecule has 0 aromatic heterocycles. The first-order chi connectivity index (χ1) is 9.45. The van der Waals surface area contributed by atoms with Gasteiger partial charge in [0.1, 0.15) is 5.75 Å². The number of ether oxygens (including phenoxy) is 1. The van der Waals surface area contributed by atoms with Gasteiger partial charge in [-0.25, -0.2) is 4.79 Å². The normalized spacial score (nSPS) is 9.90. The summed E-state index contributed by atoms with van der Waals surface area (Å²) in [6.07, 6.45) is -0.563. The van der Waals surface area contributed by atoms with Crippen LogP contribution in [0, 0.1) is 0 Å². The van der Waals surface area contributed by atoms with Crippen LogP contribution in [0.1, 0.15) is 13.3 Å². The molecule has 0 aliphatic carbocycles. The van der Waals surface area contributed by atoms with Crippen molar-refractivity contribution in [1.82, 2.24) is 5.32 Å². The Morgan fingerprint density at radius 1 is 1.45 bits per heavy atom. The standard InChI is InChI=1S/C13H19N3O4/c1-9(17)16(7-3-6-15-13(18)19)10-4-5-11(14)12(8-10)20-2/h4-5,8,15H,3,6-7,14H2,1-2H3,(H,18,19). The summed E-state index contributed by atoms with van der Waals surface area (Å²) in [5, 5.41) is 10.7. The van der Waals surface area contributed by atoms with E-state index in [1.807, 2.05) is 0 Å². The molecule has 0 aliphatic rings. The van der Waals surface area contributed by atoms with E-state index in [2.05, 4.69) is 5.32 Å². The molecule has 110 valence electrons. The monoisotopic (exact) mass is 281 g/mol. The van der Waals surface area contributed by atoms with Crippen LogP contribution in [0.2, 0.25) is 0 Å². The first-order valence-corrected chi connectivity index (χ1v) is 6.14. The Morgan fingerprint density at radius 2 is 2.15 bits per heavy atom. The molecule has 1 aromatic carbocycles. The number of methoxy groups -OCH3 is 1. The average Bonchev–Trinajstić information content (AvgIpc) is 2.39. The minimum absolute atomic E-state index is 0.132. The fourth-order valence-corrected chi connectivity index (χ4v) is 1.77. The van der Waals surface area contributed by atoms with Crippen molar-refractivity contribution in [2.75, 3.05) is 30.8 Å². The molecule has 0 radical (unpaired) electrons. The van der Waals surface area contributed by atoms with Crippen molar-refractivity contribution in [3.05, 3.63) is 18.2 Å². The molecule has 0 heterocycles. The van der Waals surface area contributed by atoms with E-state index >= 15 is 0 Å². The first kappa shape index (κ1) is 15.6. The number of carbonyl (C=O) groups is 2. The Balaban J connectivity index is 2.75. The second kappa shape index (κ2) is 7.22. The molecule has 7 nitrogen and oxygen atoms in total. The Labute approximate surface area is 117 Å². The topological polar surface area (TPSA) is 105 Å². The Morgan fingerprint density at radius 3 is 2.70 bits per heavy atom. The molecule has 0 unspecified atom stereocenters. The van der Waals surface area contributed by atoms with E-state index in [1.54, 1.807) is 23.1 Å². The van der Waals surface area contributed by atoms with E-state index in [9.17, 15) is 9.59 Å². The lowest BCUT2D eigenvalue weighted by atomic mass is 10.2. The number of anilines is 2. The van der Waals surface area contributed by atoms with E-state index in [4.69, 9.17) is 15.6 Å². The summed E-state index contributed by atoms with van der Waals surface area (Å²) in [7, 11) is 1.50. The molecule has 4 N–H and O–H groups in total. The van der Waals surface area contributed by atoms with Crippen LogP contribution >= 0.6 is 0 Å². The highest BCUT2D eigenvalue weighted by Crippen LogP contribution is 2.27. The minimum Gasteiger partial charge on any atom is -0.495 e. The zero-order valence-corrected chi connectivity index (χ0v) is 11.5. The zero-order chi connectivity index (χ0) is 15.1. The lowest BCUT2D eigenvalue weighted by molar-refractivity contribution is -0.116. The van der Waals surface area contributed by atoms with Crippen LogP contribution in [-0.2, 0) is 4.79 Å². The van der Waals surface area contributed by atoms with E-state index < -0.39 is 6.09 Å². The molecular weight excluding hydrogens is 262 g/mol.